The maximum Gasteiger partial charge on any atom is -0.0467 e. The molecule has 0 unspecified atom stereocenters. The van der Waals surface area contributed by atoms with E-state index in [0.717, 1.165) is 0 Å². The first-order valence-electron chi connectivity index (χ1n) is 2.82. The van der Waals surface area contributed by atoms with Crippen LogP contribution in [0.2, 0.25) is 0 Å². The quantitative estimate of drug-likeness (QED) is 0.477. The van der Waals surface area contributed by atoms with Crippen LogP contribution in [0.5, 0.6) is 0 Å². The summed E-state index contributed by atoms with van der Waals surface area (Å²) < 4.78 is 0. The van der Waals surface area contributed by atoms with Crippen molar-refractivity contribution in [3.05, 3.63) is 36.5 Å². The van der Waals surface area contributed by atoms with Gasteiger partial charge in [0.2, 0.25) is 0 Å². The molecule has 0 bridgehead atoms. The van der Waals surface area contributed by atoms with Gasteiger partial charge in [0.15, 0.2) is 0 Å². The number of hydrogen-bond acceptors (Lipinski definition) is 0. The molecular weight excluding hydrogens is 96.1 g/mol. The second-order valence-electron chi connectivity index (χ2n) is 1.44. The molecule has 0 saturated heterocycles. The van der Waals surface area contributed by atoms with Gasteiger partial charge in [-0.15, -0.1) is 0 Å². The molecule has 0 aliphatic carbocycles. The average Bonchev–Trinajstić information content (AvgIpc) is 1.81. The van der Waals surface area contributed by atoms with Crippen molar-refractivity contribution in [1.82, 2.24) is 0 Å². The highest BCUT2D eigenvalue weighted by Gasteiger charge is 1.55. The lowest BCUT2D eigenvalue weighted by molar-refractivity contribution is 1.71. The largest absolute Gasteiger partial charge is 0.0877 e. The summed E-state index contributed by atoms with van der Waals surface area (Å²) in [7, 11) is 0. The minimum absolute atomic E-state index is 2.00. The van der Waals surface area contributed by atoms with Gasteiger partial charge in [0, 0.05) is 0 Å². The van der Waals surface area contributed by atoms with Crippen molar-refractivity contribution in [3.63, 3.8) is 0 Å². The molecule has 0 heteroatoms. The fraction of sp³-hybridized carbons (Fsp3) is 0.250. The first-order chi connectivity index (χ1) is 3.91. The van der Waals surface area contributed by atoms with E-state index < -0.39 is 0 Å². The van der Waals surface area contributed by atoms with Crippen LogP contribution in [0.1, 0.15) is 13.8 Å². The van der Waals surface area contributed by atoms with E-state index in [1.54, 1.807) is 0 Å². The van der Waals surface area contributed by atoms with Gasteiger partial charge in [-0.05, 0) is 13.8 Å². The average molecular weight is 108 g/mol. The predicted molar refractivity (Wildman–Crippen MR) is 38.8 cm³/mol. The molecule has 0 atom stereocenters. The summed E-state index contributed by atoms with van der Waals surface area (Å²) in [5, 5.41) is 0. The number of hydrogen-bond donors (Lipinski definition) is 0. The Morgan fingerprint density at radius 1 is 0.625 bits per heavy atom. The minimum atomic E-state index is 2.00. The van der Waals surface area contributed by atoms with Crippen LogP contribution in [0, 0.1) is 0 Å². The lowest BCUT2D eigenvalue weighted by Crippen LogP contribution is -1.46. The standard InChI is InChI=1S/C8H12/c1-3-5-7-8-6-4-2/h3-8H,1-2H3/b5-3?,6-4?,8-7+. The molecule has 0 radical (unpaired) electrons. The van der Waals surface area contributed by atoms with Crippen LogP contribution < -0.4 is 0 Å². The second-order valence-corrected chi connectivity index (χ2v) is 1.44. The molecule has 0 aromatic carbocycles. The van der Waals surface area contributed by atoms with Crippen molar-refractivity contribution < 1.29 is 0 Å². The second kappa shape index (κ2) is 6.22. The summed E-state index contributed by atoms with van der Waals surface area (Å²) in [6.07, 6.45) is 12.0. The highest BCUT2D eigenvalue weighted by atomic mass is 13.6. The Bertz CT molecular complexity index is 91.2. The Morgan fingerprint density at radius 3 is 1.25 bits per heavy atom. The molecule has 0 amide bonds. The molecule has 44 valence electrons. The van der Waals surface area contributed by atoms with E-state index in [9.17, 15) is 0 Å². The number of allylic oxidation sites excluding steroid dienone is 6. The third-order valence-electron chi connectivity index (χ3n) is 0.718. The summed E-state index contributed by atoms with van der Waals surface area (Å²) in [5.41, 5.74) is 0. The molecule has 0 aliphatic rings. The molecule has 0 aromatic rings. The molecule has 0 heterocycles. The summed E-state index contributed by atoms with van der Waals surface area (Å²) in [5.74, 6) is 0. The molecular formula is C8H12. The van der Waals surface area contributed by atoms with Crippen LogP contribution in [0.4, 0.5) is 0 Å². The fourth-order valence-corrected chi connectivity index (χ4v) is 0.351. The minimum Gasteiger partial charge on any atom is -0.0877 e. The van der Waals surface area contributed by atoms with Crippen LogP contribution in [-0.2, 0) is 0 Å². The number of rotatable bonds is 2. The molecule has 0 saturated carbocycles. The zero-order valence-corrected chi connectivity index (χ0v) is 5.46. The van der Waals surface area contributed by atoms with E-state index in [1.165, 1.54) is 0 Å². The van der Waals surface area contributed by atoms with Gasteiger partial charge < -0.3 is 0 Å². The maximum absolute atomic E-state index is 2.00. The fourth-order valence-electron chi connectivity index (χ4n) is 0.351. The molecule has 0 spiro atoms. The van der Waals surface area contributed by atoms with Gasteiger partial charge in [0.25, 0.3) is 0 Å². The van der Waals surface area contributed by atoms with Crippen LogP contribution in [0.25, 0.3) is 0 Å². The summed E-state index contributed by atoms with van der Waals surface area (Å²) in [4.78, 5) is 0. The Labute approximate surface area is 51.2 Å². The molecule has 0 N–H and O–H groups in total. The third kappa shape index (κ3) is 5.22. The van der Waals surface area contributed by atoms with E-state index in [2.05, 4.69) is 0 Å². The Kier molecular flexibility index (Phi) is 5.61. The monoisotopic (exact) mass is 108 g/mol. The van der Waals surface area contributed by atoms with Gasteiger partial charge in [0.1, 0.15) is 0 Å². The maximum atomic E-state index is 2.00. The van der Waals surface area contributed by atoms with Gasteiger partial charge in [-0.3, -0.25) is 0 Å². The molecule has 0 nitrogen and oxygen atoms in total. The van der Waals surface area contributed by atoms with Crippen molar-refractivity contribution in [2.24, 2.45) is 0 Å². The predicted octanol–water partition coefficient (Wildman–Crippen LogP) is 2.69. The molecule has 0 rings (SSSR count). The van der Waals surface area contributed by atoms with Gasteiger partial charge in [-0.2, -0.15) is 0 Å². The first-order valence-corrected chi connectivity index (χ1v) is 2.82. The van der Waals surface area contributed by atoms with Gasteiger partial charge >= 0.3 is 0 Å². The SMILES string of the molecule is CC=C/C=C/C=CC. The van der Waals surface area contributed by atoms with E-state index in [1.807, 2.05) is 50.3 Å². The van der Waals surface area contributed by atoms with Crippen molar-refractivity contribution >= 4 is 0 Å². The van der Waals surface area contributed by atoms with Gasteiger partial charge in [-0.1, -0.05) is 36.5 Å². The van der Waals surface area contributed by atoms with Crippen molar-refractivity contribution in [3.8, 4) is 0 Å². The van der Waals surface area contributed by atoms with Crippen LogP contribution in [0.3, 0.4) is 0 Å². The molecule has 0 aromatic heterocycles. The Balaban J connectivity index is 3.35. The Hall–Kier alpha value is -0.780. The zero-order chi connectivity index (χ0) is 6.24. The third-order valence-corrected chi connectivity index (χ3v) is 0.718. The molecule has 0 fully saturated rings. The topological polar surface area (TPSA) is 0 Å². The van der Waals surface area contributed by atoms with E-state index in [0.29, 0.717) is 0 Å². The smallest absolute Gasteiger partial charge is 0.0467 e. The highest BCUT2D eigenvalue weighted by molar-refractivity contribution is 5.09. The molecule has 8 heavy (non-hydrogen) atoms. The lowest BCUT2D eigenvalue weighted by atomic mass is 10.4. The van der Waals surface area contributed by atoms with Crippen LogP contribution in [0.15, 0.2) is 36.5 Å². The Morgan fingerprint density at radius 2 is 1.00 bits per heavy atom. The zero-order valence-electron chi connectivity index (χ0n) is 5.46. The van der Waals surface area contributed by atoms with E-state index >= 15 is 0 Å². The van der Waals surface area contributed by atoms with Gasteiger partial charge in [-0.25, -0.2) is 0 Å². The highest BCUT2D eigenvalue weighted by Crippen LogP contribution is 1.77. The van der Waals surface area contributed by atoms with Crippen molar-refractivity contribution in [2.75, 3.05) is 0 Å². The first kappa shape index (κ1) is 7.22. The van der Waals surface area contributed by atoms with Crippen molar-refractivity contribution in [1.29, 1.82) is 0 Å². The lowest BCUT2D eigenvalue weighted by Gasteiger charge is -1.68. The van der Waals surface area contributed by atoms with Crippen LogP contribution in [-0.4, -0.2) is 0 Å². The van der Waals surface area contributed by atoms with Crippen LogP contribution >= 0.6 is 0 Å². The summed E-state index contributed by atoms with van der Waals surface area (Å²) in [6, 6.07) is 0. The molecule has 0 aliphatic heterocycles. The normalized spacial score (nSPS) is 12.8. The summed E-state index contributed by atoms with van der Waals surface area (Å²) >= 11 is 0. The van der Waals surface area contributed by atoms with Crippen molar-refractivity contribution in [2.45, 2.75) is 13.8 Å². The summed E-state index contributed by atoms with van der Waals surface area (Å²) in [6.45, 7) is 4.00. The van der Waals surface area contributed by atoms with E-state index in [4.69, 9.17) is 0 Å². The van der Waals surface area contributed by atoms with Gasteiger partial charge in [0.05, 0.1) is 0 Å². The van der Waals surface area contributed by atoms with E-state index in [-0.39, 0.29) is 0 Å².